The lowest BCUT2D eigenvalue weighted by atomic mass is 10.1. The number of nitrogens with zero attached hydrogens (tertiary/aromatic N) is 1. The molecule has 2 aromatic rings. The van der Waals surface area contributed by atoms with E-state index in [1.807, 2.05) is 25.1 Å². The standard InChI is InChI=1S/C23H28ClN5O3/c1-29(2)11-10-25-21(30)16-5-3-4-15(12-16)14-26-23(32)28-18-8-9-20(24)19(13-18)22(31)27-17-6-7-17/h3-5,8-9,12-13,17H,6-7,10-11,14H2,1-2H3,(H,25,30)(H,27,31)(H2,26,28,32). The fraction of sp³-hybridized carbons (Fsp3) is 0.348. The maximum atomic E-state index is 12.3. The summed E-state index contributed by atoms with van der Waals surface area (Å²) >= 11 is 6.14. The van der Waals surface area contributed by atoms with Crippen LogP contribution in [0.3, 0.4) is 0 Å². The van der Waals surface area contributed by atoms with Gasteiger partial charge in [-0.1, -0.05) is 23.7 Å². The summed E-state index contributed by atoms with van der Waals surface area (Å²) in [5.41, 5.74) is 2.11. The van der Waals surface area contributed by atoms with Crippen LogP contribution in [0.2, 0.25) is 5.02 Å². The van der Waals surface area contributed by atoms with E-state index in [1.165, 1.54) is 0 Å². The van der Waals surface area contributed by atoms with E-state index in [0.29, 0.717) is 28.4 Å². The van der Waals surface area contributed by atoms with Crippen LogP contribution in [0.4, 0.5) is 10.5 Å². The first kappa shape index (κ1) is 23.6. The van der Waals surface area contributed by atoms with Crippen molar-refractivity contribution < 1.29 is 14.4 Å². The normalized spacial score (nSPS) is 12.9. The molecular formula is C23H28ClN5O3. The molecule has 32 heavy (non-hydrogen) atoms. The summed E-state index contributed by atoms with van der Waals surface area (Å²) in [5.74, 6) is -0.404. The van der Waals surface area contributed by atoms with Gasteiger partial charge in [0.25, 0.3) is 11.8 Å². The minimum atomic E-state index is -0.429. The van der Waals surface area contributed by atoms with Crippen molar-refractivity contribution in [2.24, 2.45) is 0 Å². The Labute approximate surface area is 192 Å². The zero-order valence-corrected chi connectivity index (χ0v) is 19.0. The van der Waals surface area contributed by atoms with Gasteiger partial charge in [-0.25, -0.2) is 4.79 Å². The number of hydrogen-bond acceptors (Lipinski definition) is 4. The van der Waals surface area contributed by atoms with Crippen molar-refractivity contribution in [1.82, 2.24) is 20.9 Å². The minimum Gasteiger partial charge on any atom is -0.351 e. The zero-order chi connectivity index (χ0) is 23.1. The molecule has 0 saturated heterocycles. The van der Waals surface area contributed by atoms with Crippen LogP contribution in [0.1, 0.15) is 39.1 Å². The van der Waals surface area contributed by atoms with Crippen molar-refractivity contribution in [1.29, 1.82) is 0 Å². The fourth-order valence-electron chi connectivity index (χ4n) is 2.94. The molecule has 4 N–H and O–H groups in total. The Kier molecular flexibility index (Phi) is 8.08. The van der Waals surface area contributed by atoms with Gasteiger partial charge in [0, 0.05) is 36.9 Å². The first-order valence-corrected chi connectivity index (χ1v) is 10.9. The summed E-state index contributed by atoms with van der Waals surface area (Å²) < 4.78 is 0. The Hall–Kier alpha value is -3.10. The third-order valence-electron chi connectivity index (χ3n) is 4.87. The van der Waals surface area contributed by atoms with Crippen LogP contribution in [0, 0.1) is 0 Å². The molecule has 0 heterocycles. The lowest BCUT2D eigenvalue weighted by molar-refractivity contribution is 0.0942. The second-order valence-electron chi connectivity index (χ2n) is 8.01. The monoisotopic (exact) mass is 457 g/mol. The molecule has 0 bridgehead atoms. The van der Waals surface area contributed by atoms with Crippen LogP contribution in [0.5, 0.6) is 0 Å². The molecule has 1 fully saturated rings. The van der Waals surface area contributed by atoms with Crippen molar-refractivity contribution in [3.8, 4) is 0 Å². The van der Waals surface area contributed by atoms with E-state index in [2.05, 4.69) is 21.3 Å². The van der Waals surface area contributed by atoms with Crippen LogP contribution >= 0.6 is 11.6 Å². The SMILES string of the molecule is CN(C)CCNC(=O)c1cccc(CNC(=O)Nc2ccc(Cl)c(C(=O)NC3CC3)c2)c1. The van der Waals surface area contributed by atoms with Crippen LogP contribution < -0.4 is 21.3 Å². The summed E-state index contributed by atoms with van der Waals surface area (Å²) in [6.45, 7) is 1.55. The van der Waals surface area contributed by atoms with Crippen LogP contribution in [-0.2, 0) is 6.54 Å². The van der Waals surface area contributed by atoms with Gasteiger partial charge >= 0.3 is 6.03 Å². The van der Waals surface area contributed by atoms with E-state index >= 15 is 0 Å². The lowest BCUT2D eigenvalue weighted by Gasteiger charge is -2.12. The number of benzene rings is 2. The molecule has 8 nitrogen and oxygen atoms in total. The number of halogens is 1. The minimum absolute atomic E-state index is 0.156. The zero-order valence-electron chi connectivity index (χ0n) is 18.2. The number of anilines is 1. The average Bonchev–Trinajstić information content (AvgIpc) is 3.57. The van der Waals surface area contributed by atoms with Gasteiger partial charge in [-0.2, -0.15) is 0 Å². The van der Waals surface area contributed by atoms with Gasteiger partial charge in [-0.05, 0) is 62.8 Å². The number of carbonyl (C=O) groups is 3. The van der Waals surface area contributed by atoms with Gasteiger partial charge in [0.1, 0.15) is 0 Å². The smallest absolute Gasteiger partial charge is 0.319 e. The fourth-order valence-corrected chi connectivity index (χ4v) is 3.15. The number of nitrogens with one attached hydrogen (secondary N) is 4. The van der Waals surface area contributed by atoms with E-state index < -0.39 is 6.03 Å². The Balaban J connectivity index is 1.52. The van der Waals surface area contributed by atoms with Gasteiger partial charge in [-0.3, -0.25) is 9.59 Å². The van der Waals surface area contributed by atoms with Crippen molar-refractivity contribution in [2.45, 2.75) is 25.4 Å². The molecule has 2 aromatic carbocycles. The Morgan fingerprint density at radius 3 is 2.53 bits per heavy atom. The second kappa shape index (κ2) is 11.0. The molecule has 1 aliphatic carbocycles. The molecule has 170 valence electrons. The maximum absolute atomic E-state index is 12.3. The summed E-state index contributed by atoms with van der Waals surface area (Å²) in [5, 5.41) is 11.5. The first-order chi connectivity index (χ1) is 15.3. The number of likely N-dealkylation sites (N-methyl/N-ethyl adjacent to an activating group) is 1. The molecule has 3 rings (SSSR count). The molecule has 0 unspecified atom stereocenters. The molecule has 0 radical (unpaired) electrons. The van der Waals surface area contributed by atoms with Crippen LogP contribution in [-0.4, -0.2) is 56.0 Å². The highest BCUT2D eigenvalue weighted by Crippen LogP contribution is 2.24. The highest BCUT2D eigenvalue weighted by atomic mass is 35.5. The first-order valence-electron chi connectivity index (χ1n) is 10.5. The molecule has 4 amide bonds. The maximum Gasteiger partial charge on any atom is 0.319 e. The van der Waals surface area contributed by atoms with E-state index in [9.17, 15) is 14.4 Å². The van der Waals surface area contributed by atoms with E-state index in [0.717, 1.165) is 24.9 Å². The van der Waals surface area contributed by atoms with E-state index in [1.54, 1.807) is 36.4 Å². The molecule has 1 saturated carbocycles. The Morgan fingerprint density at radius 2 is 1.81 bits per heavy atom. The number of amides is 4. The Bertz CT molecular complexity index is 991. The quantitative estimate of drug-likeness (QED) is 0.465. The third-order valence-corrected chi connectivity index (χ3v) is 5.20. The van der Waals surface area contributed by atoms with Crippen molar-refractivity contribution in [3.05, 3.63) is 64.2 Å². The molecule has 0 atom stereocenters. The highest BCUT2D eigenvalue weighted by molar-refractivity contribution is 6.34. The van der Waals surface area contributed by atoms with Crippen LogP contribution in [0.25, 0.3) is 0 Å². The summed E-state index contributed by atoms with van der Waals surface area (Å²) in [6.07, 6.45) is 1.95. The van der Waals surface area contributed by atoms with Gasteiger partial charge in [0.2, 0.25) is 0 Å². The molecule has 9 heteroatoms. The molecule has 0 aliphatic heterocycles. The molecule has 0 spiro atoms. The Morgan fingerprint density at radius 1 is 1.03 bits per heavy atom. The molecule has 0 aromatic heterocycles. The third kappa shape index (κ3) is 7.25. The topological polar surface area (TPSA) is 103 Å². The van der Waals surface area contributed by atoms with Gasteiger partial charge in [-0.15, -0.1) is 0 Å². The van der Waals surface area contributed by atoms with Gasteiger partial charge in [0.15, 0.2) is 0 Å². The summed E-state index contributed by atoms with van der Waals surface area (Å²) in [6, 6.07) is 11.6. The van der Waals surface area contributed by atoms with Crippen molar-refractivity contribution in [3.63, 3.8) is 0 Å². The lowest BCUT2D eigenvalue weighted by Crippen LogP contribution is -2.31. The average molecular weight is 458 g/mol. The predicted molar refractivity (Wildman–Crippen MR) is 125 cm³/mol. The predicted octanol–water partition coefficient (Wildman–Crippen LogP) is 2.85. The van der Waals surface area contributed by atoms with Crippen molar-refractivity contribution >= 4 is 35.1 Å². The van der Waals surface area contributed by atoms with Crippen LogP contribution in [0.15, 0.2) is 42.5 Å². The number of rotatable bonds is 9. The number of hydrogen-bond donors (Lipinski definition) is 4. The van der Waals surface area contributed by atoms with Gasteiger partial charge < -0.3 is 26.2 Å². The second-order valence-corrected chi connectivity index (χ2v) is 8.42. The largest absolute Gasteiger partial charge is 0.351 e. The van der Waals surface area contributed by atoms with E-state index in [-0.39, 0.29) is 24.4 Å². The van der Waals surface area contributed by atoms with E-state index in [4.69, 9.17) is 11.6 Å². The summed E-state index contributed by atoms with van der Waals surface area (Å²) in [7, 11) is 3.88. The number of urea groups is 1. The molecular weight excluding hydrogens is 430 g/mol. The summed E-state index contributed by atoms with van der Waals surface area (Å²) in [4.78, 5) is 38.9. The number of carbonyl (C=O) groups excluding carboxylic acids is 3. The van der Waals surface area contributed by atoms with Gasteiger partial charge in [0.05, 0.1) is 10.6 Å². The highest BCUT2D eigenvalue weighted by Gasteiger charge is 2.24. The molecule has 1 aliphatic rings. The van der Waals surface area contributed by atoms with Crippen molar-refractivity contribution in [2.75, 3.05) is 32.5 Å².